The fourth-order valence-corrected chi connectivity index (χ4v) is 3.01. The normalized spacial score (nSPS) is 16.1. The molecule has 1 unspecified atom stereocenters. The first kappa shape index (κ1) is 17.8. The van der Waals surface area contributed by atoms with E-state index in [0.29, 0.717) is 10.6 Å². The molecular formula is C17H23ClN2O3. The molecule has 0 radical (unpaired) electrons. The first-order valence-corrected chi connectivity index (χ1v) is 8.42. The second-order valence-corrected chi connectivity index (χ2v) is 6.30. The number of hydrogen-bond acceptors (Lipinski definition) is 3. The van der Waals surface area contributed by atoms with E-state index < -0.39 is 6.10 Å². The van der Waals surface area contributed by atoms with Crippen molar-refractivity contribution in [3.05, 3.63) is 34.9 Å². The van der Waals surface area contributed by atoms with Crippen molar-refractivity contribution in [2.75, 3.05) is 6.54 Å². The Labute approximate surface area is 141 Å². The Kier molecular flexibility index (Phi) is 6.86. The highest BCUT2D eigenvalue weighted by Crippen LogP contribution is 2.21. The SMILES string of the molecule is O=C(CCC(=O)NC1CCCC1)NCC(O)c1ccccc1Cl. The Bertz CT molecular complexity index is 544. The summed E-state index contributed by atoms with van der Waals surface area (Å²) >= 11 is 5.99. The minimum Gasteiger partial charge on any atom is -0.387 e. The first-order valence-electron chi connectivity index (χ1n) is 8.05. The van der Waals surface area contributed by atoms with Crippen molar-refractivity contribution in [2.45, 2.75) is 50.7 Å². The van der Waals surface area contributed by atoms with E-state index in [4.69, 9.17) is 11.6 Å². The van der Waals surface area contributed by atoms with Gasteiger partial charge < -0.3 is 15.7 Å². The summed E-state index contributed by atoms with van der Waals surface area (Å²) < 4.78 is 0. The molecule has 0 saturated heterocycles. The van der Waals surface area contributed by atoms with Gasteiger partial charge in [0.15, 0.2) is 0 Å². The van der Waals surface area contributed by atoms with Gasteiger partial charge in [0.2, 0.25) is 11.8 Å². The molecule has 5 nitrogen and oxygen atoms in total. The van der Waals surface area contributed by atoms with Crippen LogP contribution >= 0.6 is 11.6 Å². The maximum absolute atomic E-state index is 11.8. The first-order chi connectivity index (χ1) is 11.1. The van der Waals surface area contributed by atoms with E-state index in [1.165, 1.54) is 0 Å². The molecule has 0 aromatic heterocycles. The van der Waals surface area contributed by atoms with Gasteiger partial charge in [-0.2, -0.15) is 0 Å². The maximum Gasteiger partial charge on any atom is 0.220 e. The smallest absolute Gasteiger partial charge is 0.220 e. The summed E-state index contributed by atoms with van der Waals surface area (Å²) in [5.41, 5.74) is 0.577. The zero-order valence-corrected chi connectivity index (χ0v) is 13.8. The van der Waals surface area contributed by atoms with Crippen molar-refractivity contribution in [2.24, 2.45) is 0 Å². The summed E-state index contributed by atoms with van der Waals surface area (Å²) in [6.07, 6.45) is 3.80. The molecule has 1 atom stereocenters. The van der Waals surface area contributed by atoms with Crippen molar-refractivity contribution in [3.8, 4) is 0 Å². The largest absolute Gasteiger partial charge is 0.387 e. The number of carbonyl (C=O) groups excluding carboxylic acids is 2. The van der Waals surface area contributed by atoms with Crippen LogP contribution in [-0.4, -0.2) is 29.5 Å². The molecule has 1 aliphatic rings. The number of amides is 2. The van der Waals surface area contributed by atoms with Gasteiger partial charge in [-0.25, -0.2) is 0 Å². The van der Waals surface area contributed by atoms with Crippen LogP contribution in [0.25, 0.3) is 0 Å². The third kappa shape index (κ3) is 5.84. The Balaban J connectivity index is 1.66. The van der Waals surface area contributed by atoms with E-state index >= 15 is 0 Å². The topological polar surface area (TPSA) is 78.4 Å². The molecule has 1 fully saturated rings. The predicted molar refractivity (Wildman–Crippen MR) is 89.1 cm³/mol. The average molecular weight is 339 g/mol. The van der Waals surface area contributed by atoms with E-state index in [0.717, 1.165) is 25.7 Å². The molecule has 0 bridgehead atoms. The highest BCUT2D eigenvalue weighted by Gasteiger charge is 2.18. The molecule has 1 aliphatic carbocycles. The number of aliphatic hydroxyl groups is 1. The molecule has 23 heavy (non-hydrogen) atoms. The highest BCUT2D eigenvalue weighted by molar-refractivity contribution is 6.31. The minimum atomic E-state index is -0.861. The van der Waals surface area contributed by atoms with Crippen molar-refractivity contribution >= 4 is 23.4 Å². The summed E-state index contributed by atoms with van der Waals surface area (Å²) in [5, 5.41) is 16.1. The monoisotopic (exact) mass is 338 g/mol. The number of hydrogen-bond donors (Lipinski definition) is 3. The minimum absolute atomic E-state index is 0.0762. The van der Waals surface area contributed by atoms with Crippen molar-refractivity contribution in [1.29, 1.82) is 0 Å². The lowest BCUT2D eigenvalue weighted by molar-refractivity contribution is -0.127. The van der Waals surface area contributed by atoms with Gasteiger partial charge in [0.1, 0.15) is 0 Å². The predicted octanol–water partition coefficient (Wildman–Crippen LogP) is 2.33. The van der Waals surface area contributed by atoms with Crippen LogP contribution in [0.3, 0.4) is 0 Å². The number of halogens is 1. The van der Waals surface area contributed by atoms with Crippen molar-refractivity contribution < 1.29 is 14.7 Å². The molecule has 6 heteroatoms. The van der Waals surface area contributed by atoms with Gasteiger partial charge in [0, 0.05) is 36.0 Å². The summed E-state index contributed by atoms with van der Waals surface area (Å²) in [5.74, 6) is -0.337. The summed E-state index contributed by atoms with van der Waals surface area (Å²) in [6, 6.07) is 7.23. The van der Waals surface area contributed by atoms with Gasteiger partial charge in [0.05, 0.1) is 6.10 Å². The number of benzene rings is 1. The van der Waals surface area contributed by atoms with E-state index in [-0.39, 0.29) is 37.2 Å². The van der Waals surface area contributed by atoms with E-state index in [2.05, 4.69) is 10.6 Å². The number of rotatable bonds is 7. The van der Waals surface area contributed by atoms with Crippen LogP contribution in [0, 0.1) is 0 Å². The molecule has 126 valence electrons. The van der Waals surface area contributed by atoms with Crippen LogP contribution < -0.4 is 10.6 Å². The quantitative estimate of drug-likeness (QED) is 0.714. The van der Waals surface area contributed by atoms with Gasteiger partial charge >= 0.3 is 0 Å². The lowest BCUT2D eigenvalue weighted by Gasteiger charge is -2.14. The molecule has 1 saturated carbocycles. The molecule has 2 amide bonds. The average Bonchev–Trinajstić information content (AvgIpc) is 3.04. The van der Waals surface area contributed by atoms with Crippen molar-refractivity contribution in [1.82, 2.24) is 10.6 Å². The summed E-state index contributed by atoms with van der Waals surface area (Å²) in [4.78, 5) is 23.5. The Morgan fingerprint density at radius 3 is 2.52 bits per heavy atom. The van der Waals surface area contributed by atoms with Crippen LogP contribution in [-0.2, 0) is 9.59 Å². The molecule has 0 aliphatic heterocycles. The number of nitrogens with one attached hydrogen (secondary N) is 2. The Morgan fingerprint density at radius 2 is 1.83 bits per heavy atom. The van der Waals surface area contributed by atoms with Gasteiger partial charge in [-0.15, -0.1) is 0 Å². The fraction of sp³-hybridized carbons (Fsp3) is 0.529. The van der Waals surface area contributed by atoms with Gasteiger partial charge in [-0.3, -0.25) is 9.59 Å². The van der Waals surface area contributed by atoms with Crippen LogP contribution in [0.5, 0.6) is 0 Å². The van der Waals surface area contributed by atoms with Gasteiger partial charge in [0.25, 0.3) is 0 Å². The molecular weight excluding hydrogens is 316 g/mol. The van der Waals surface area contributed by atoms with Crippen LogP contribution in [0.1, 0.15) is 50.2 Å². The van der Waals surface area contributed by atoms with Crippen LogP contribution in [0.4, 0.5) is 0 Å². The molecule has 1 aromatic rings. The zero-order valence-electron chi connectivity index (χ0n) is 13.1. The van der Waals surface area contributed by atoms with Crippen molar-refractivity contribution in [3.63, 3.8) is 0 Å². The molecule has 0 heterocycles. The second kappa shape index (κ2) is 8.89. The zero-order chi connectivity index (χ0) is 16.7. The molecule has 1 aromatic carbocycles. The second-order valence-electron chi connectivity index (χ2n) is 5.89. The van der Waals surface area contributed by atoms with E-state index in [1.54, 1.807) is 24.3 Å². The molecule has 3 N–H and O–H groups in total. The van der Waals surface area contributed by atoms with Crippen LogP contribution in [0.2, 0.25) is 5.02 Å². The lowest BCUT2D eigenvalue weighted by atomic mass is 10.1. The highest BCUT2D eigenvalue weighted by atomic mass is 35.5. The number of aliphatic hydroxyl groups excluding tert-OH is 1. The summed E-state index contributed by atoms with van der Waals surface area (Å²) in [7, 11) is 0. The third-order valence-electron chi connectivity index (χ3n) is 4.06. The van der Waals surface area contributed by atoms with E-state index in [9.17, 15) is 14.7 Å². The molecule has 0 spiro atoms. The van der Waals surface area contributed by atoms with Gasteiger partial charge in [-0.05, 0) is 18.9 Å². The Hall–Kier alpha value is -1.59. The van der Waals surface area contributed by atoms with E-state index in [1.807, 2.05) is 0 Å². The lowest BCUT2D eigenvalue weighted by Crippen LogP contribution is -2.34. The van der Waals surface area contributed by atoms with Gasteiger partial charge in [-0.1, -0.05) is 42.6 Å². The molecule has 2 rings (SSSR count). The summed E-state index contributed by atoms with van der Waals surface area (Å²) in [6.45, 7) is 0.0762. The fourth-order valence-electron chi connectivity index (χ4n) is 2.75. The standard InChI is InChI=1S/C17H23ClN2O3/c18-14-8-4-3-7-13(14)15(21)11-19-16(22)9-10-17(23)20-12-5-1-2-6-12/h3-4,7-8,12,15,21H,1-2,5-6,9-11H2,(H,19,22)(H,20,23). The number of carbonyl (C=O) groups is 2. The van der Waals surface area contributed by atoms with Crippen LogP contribution in [0.15, 0.2) is 24.3 Å². The Morgan fingerprint density at radius 1 is 1.17 bits per heavy atom. The maximum atomic E-state index is 11.8. The third-order valence-corrected chi connectivity index (χ3v) is 4.40.